The molecule has 1 heterocycles. The molecule has 7 heteroatoms. The van der Waals surface area contributed by atoms with E-state index in [0.717, 1.165) is 41.5 Å². The van der Waals surface area contributed by atoms with Crippen LogP contribution < -0.4 is 4.72 Å². The molecule has 2 rings (SSSR count). The summed E-state index contributed by atoms with van der Waals surface area (Å²) < 4.78 is 27.0. The molecule has 1 aromatic carbocycles. The highest BCUT2D eigenvalue weighted by Crippen LogP contribution is 2.13. The standard InChI is InChI=1S/C17H25N3O2S2/c1-4-20(5-2)11-16-12-23-17(19-16)10-18-24(21,22)13-15-8-6-14(3)7-9-15/h6-9,12,18H,4-5,10-11,13H2,1-3H3. The zero-order valence-electron chi connectivity index (χ0n) is 14.4. The van der Waals surface area contributed by atoms with Crippen molar-refractivity contribution in [2.45, 2.75) is 39.6 Å². The molecule has 2 aromatic rings. The van der Waals surface area contributed by atoms with Gasteiger partial charge in [-0.25, -0.2) is 18.1 Å². The summed E-state index contributed by atoms with van der Waals surface area (Å²) in [5.74, 6) is -0.00897. The zero-order chi connectivity index (χ0) is 17.6. The molecule has 0 fully saturated rings. The molecule has 0 saturated carbocycles. The predicted octanol–water partition coefficient (Wildman–Crippen LogP) is 2.91. The molecule has 24 heavy (non-hydrogen) atoms. The Kier molecular flexibility index (Phi) is 6.91. The van der Waals surface area contributed by atoms with Crippen molar-refractivity contribution in [3.63, 3.8) is 0 Å². The van der Waals surface area contributed by atoms with E-state index in [1.807, 2.05) is 36.6 Å². The Hall–Kier alpha value is -1.28. The highest BCUT2D eigenvalue weighted by atomic mass is 32.2. The van der Waals surface area contributed by atoms with Crippen LogP contribution >= 0.6 is 11.3 Å². The van der Waals surface area contributed by atoms with E-state index < -0.39 is 10.0 Å². The third-order valence-corrected chi connectivity index (χ3v) is 6.00. The maximum Gasteiger partial charge on any atom is 0.216 e. The Bertz CT molecular complexity index is 735. The molecule has 0 aliphatic heterocycles. The molecule has 0 spiro atoms. The summed E-state index contributed by atoms with van der Waals surface area (Å²) in [5, 5.41) is 2.80. The van der Waals surface area contributed by atoms with Gasteiger partial charge in [-0.2, -0.15) is 0 Å². The van der Waals surface area contributed by atoms with Crippen molar-refractivity contribution in [2.75, 3.05) is 13.1 Å². The maximum atomic E-state index is 12.2. The summed E-state index contributed by atoms with van der Waals surface area (Å²) in [6.07, 6.45) is 0. The molecule has 5 nitrogen and oxygen atoms in total. The predicted molar refractivity (Wildman–Crippen MR) is 99.4 cm³/mol. The van der Waals surface area contributed by atoms with Crippen molar-refractivity contribution in [1.29, 1.82) is 0 Å². The first-order valence-electron chi connectivity index (χ1n) is 8.10. The van der Waals surface area contributed by atoms with E-state index in [1.165, 1.54) is 11.3 Å². The summed E-state index contributed by atoms with van der Waals surface area (Å²) in [7, 11) is -3.36. The first-order chi connectivity index (χ1) is 11.4. The summed E-state index contributed by atoms with van der Waals surface area (Å²) in [5.41, 5.74) is 2.90. The summed E-state index contributed by atoms with van der Waals surface area (Å²) in [6, 6.07) is 7.54. The van der Waals surface area contributed by atoms with E-state index in [9.17, 15) is 8.42 Å². The Morgan fingerprint density at radius 2 is 1.83 bits per heavy atom. The number of rotatable bonds is 9. The number of nitrogens with one attached hydrogen (secondary N) is 1. The fourth-order valence-electron chi connectivity index (χ4n) is 2.31. The van der Waals surface area contributed by atoms with Gasteiger partial charge in [0.25, 0.3) is 0 Å². The molecule has 0 aliphatic carbocycles. The number of hydrogen-bond acceptors (Lipinski definition) is 5. The van der Waals surface area contributed by atoms with Crippen LogP contribution in [0.1, 0.15) is 35.7 Å². The SMILES string of the molecule is CCN(CC)Cc1csc(CNS(=O)(=O)Cc2ccc(C)cc2)n1. The molecular formula is C17H25N3O2S2. The highest BCUT2D eigenvalue weighted by Gasteiger charge is 2.13. The van der Waals surface area contributed by atoms with Gasteiger partial charge in [0, 0.05) is 11.9 Å². The topological polar surface area (TPSA) is 62.3 Å². The Balaban J connectivity index is 1.90. The molecule has 1 aromatic heterocycles. The van der Waals surface area contributed by atoms with Crippen LogP contribution in [0.3, 0.4) is 0 Å². The molecule has 0 unspecified atom stereocenters. The van der Waals surface area contributed by atoms with Crippen LogP contribution in [0.15, 0.2) is 29.6 Å². The van der Waals surface area contributed by atoms with Crippen molar-refractivity contribution < 1.29 is 8.42 Å². The molecule has 1 N–H and O–H groups in total. The van der Waals surface area contributed by atoms with E-state index in [2.05, 4.69) is 28.5 Å². The number of hydrogen-bond donors (Lipinski definition) is 1. The molecule has 0 saturated heterocycles. The van der Waals surface area contributed by atoms with Gasteiger partial charge in [-0.1, -0.05) is 43.7 Å². The van der Waals surface area contributed by atoms with Crippen molar-refractivity contribution in [2.24, 2.45) is 0 Å². The molecule has 0 aliphatic rings. The lowest BCUT2D eigenvalue weighted by atomic mass is 10.2. The Labute approximate surface area is 148 Å². The second-order valence-corrected chi connectivity index (χ2v) is 8.51. The van der Waals surface area contributed by atoms with Crippen LogP contribution in [0.25, 0.3) is 0 Å². The summed E-state index contributed by atoms with van der Waals surface area (Å²) in [4.78, 5) is 6.80. The summed E-state index contributed by atoms with van der Waals surface area (Å²) in [6.45, 7) is 9.23. The lowest BCUT2D eigenvalue weighted by Gasteiger charge is -2.15. The van der Waals surface area contributed by atoms with Gasteiger partial charge in [0.15, 0.2) is 0 Å². The Morgan fingerprint density at radius 1 is 1.17 bits per heavy atom. The van der Waals surface area contributed by atoms with Gasteiger partial charge in [0.2, 0.25) is 10.0 Å². The normalized spacial score (nSPS) is 12.0. The highest BCUT2D eigenvalue weighted by molar-refractivity contribution is 7.88. The first kappa shape index (κ1) is 19.1. The van der Waals surface area contributed by atoms with Crippen LogP contribution in [0.2, 0.25) is 0 Å². The second kappa shape index (κ2) is 8.71. The minimum atomic E-state index is -3.36. The average molecular weight is 368 g/mol. The largest absolute Gasteiger partial charge is 0.298 e. The van der Waals surface area contributed by atoms with Crippen LogP contribution in [0.4, 0.5) is 0 Å². The van der Waals surface area contributed by atoms with Crippen LogP contribution in [-0.2, 0) is 28.9 Å². The number of thiazole rings is 1. The van der Waals surface area contributed by atoms with Gasteiger partial charge in [-0.05, 0) is 25.6 Å². The minimum Gasteiger partial charge on any atom is -0.298 e. The molecular weight excluding hydrogens is 342 g/mol. The van der Waals surface area contributed by atoms with Crippen LogP contribution in [0.5, 0.6) is 0 Å². The number of aryl methyl sites for hydroxylation is 1. The molecule has 0 bridgehead atoms. The third kappa shape index (κ3) is 5.98. The van der Waals surface area contributed by atoms with E-state index in [-0.39, 0.29) is 12.3 Å². The second-order valence-electron chi connectivity index (χ2n) is 5.76. The minimum absolute atomic E-state index is 0.00897. The Morgan fingerprint density at radius 3 is 2.46 bits per heavy atom. The van der Waals surface area contributed by atoms with Crippen molar-refractivity contribution in [3.8, 4) is 0 Å². The number of aromatic nitrogens is 1. The average Bonchev–Trinajstić information content (AvgIpc) is 3.00. The molecule has 132 valence electrons. The van der Waals surface area contributed by atoms with E-state index in [1.54, 1.807) is 0 Å². The van der Waals surface area contributed by atoms with Gasteiger partial charge in [0.05, 0.1) is 18.0 Å². The zero-order valence-corrected chi connectivity index (χ0v) is 16.1. The van der Waals surface area contributed by atoms with Crippen molar-refractivity contribution in [1.82, 2.24) is 14.6 Å². The van der Waals surface area contributed by atoms with E-state index in [4.69, 9.17) is 0 Å². The van der Waals surface area contributed by atoms with E-state index >= 15 is 0 Å². The van der Waals surface area contributed by atoms with Crippen molar-refractivity contribution >= 4 is 21.4 Å². The summed E-state index contributed by atoms with van der Waals surface area (Å²) >= 11 is 1.50. The molecule has 0 atom stereocenters. The van der Waals surface area contributed by atoms with Gasteiger partial charge in [0.1, 0.15) is 5.01 Å². The quantitative estimate of drug-likeness (QED) is 0.740. The number of benzene rings is 1. The fraction of sp³-hybridized carbons (Fsp3) is 0.471. The maximum absolute atomic E-state index is 12.2. The number of sulfonamides is 1. The molecule has 0 amide bonds. The van der Waals surface area contributed by atoms with Gasteiger partial charge < -0.3 is 0 Å². The van der Waals surface area contributed by atoms with Gasteiger partial charge >= 0.3 is 0 Å². The lowest BCUT2D eigenvalue weighted by Crippen LogP contribution is -2.25. The van der Waals surface area contributed by atoms with Crippen molar-refractivity contribution in [3.05, 3.63) is 51.5 Å². The lowest BCUT2D eigenvalue weighted by molar-refractivity contribution is 0.292. The van der Waals surface area contributed by atoms with Crippen LogP contribution in [-0.4, -0.2) is 31.4 Å². The molecule has 0 radical (unpaired) electrons. The third-order valence-electron chi connectivity index (χ3n) is 3.80. The smallest absolute Gasteiger partial charge is 0.216 e. The van der Waals surface area contributed by atoms with Gasteiger partial charge in [-0.3, -0.25) is 4.90 Å². The van der Waals surface area contributed by atoms with Gasteiger partial charge in [-0.15, -0.1) is 11.3 Å². The number of nitrogens with zero attached hydrogens (tertiary/aromatic N) is 2. The first-order valence-corrected chi connectivity index (χ1v) is 10.6. The van der Waals surface area contributed by atoms with Crippen LogP contribution in [0, 0.1) is 6.92 Å². The fourth-order valence-corrected chi connectivity index (χ4v) is 4.21. The van der Waals surface area contributed by atoms with E-state index in [0.29, 0.717) is 0 Å². The monoisotopic (exact) mass is 367 g/mol.